The second-order valence-corrected chi connectivity index (χ2v) is 5.37. The minimum Gasteiger partial charge on any atom is -0.351 e. The molecule has 1 aromatic rings. The average molecular weight is 235 g/mol. The predicted octanol–water partition coefficient (Wildman–Crippen LogP) is 1.38. The molecule has 3 N–H and O–H groups in total. The first-order valence-corrected chi connectivity index (χ1v) is 5.75. The van der Waals surface area contributed by atoms with E-state index < -0.39 is 6.04 Å². The second-order valence-electron chi connectivity index (χ2n) is 5.37. The van der Waals surface area contributed by atoms with E-state index in [1.165, 1.54) is 0 Å². The van der Waals surface area contributed by atoms with Gasteiger partial charge in [0.2, 0.25) is 5.91 Å². The average Bonchev–Trinajstić information content (AvgIpc) is 2.25. The Bertz CT molecular complexity index is 379. The summed E-state index contributed by atoms with van der Waals surface area (Å²) in [6.45, 7) is 8.24. The van der Waals surface area contributed by atoms with Crippen molar-refractivity contribution in [2.75, 3.05) is 0 Å². The minimum atomic E-state index is -0.499. The van der Waals surface area contributed by atoms with Gasteiger partial charge >= 0.3 is 0 Å². The SMILES string of the molecule is Cc1ccc(CNC(=O)[C@H](N)C(C)(C)C)cn1. The number of nitrogens with two attached hydrogens (primary N) is 1. The van der Waals surface area contributed by atoms with Crippen LogP contribution < -0.4 is 11.1 Å². The summed E-state index contributed by atoms with van der Waals surface area (Å²) in [5, 5.41) is 2.82. The number of rotatable bonds is 3. The fourth-order valence-corrected chi connectivity index (χ4v) is 1.30. The van der Waals surface area contributed by atoms with Crippen molar-refractivity contribution in [2.24, 2.45) is 11.1 Å². The maximum Gasteiger partial charge on any atom is 0.237 e. The zero-order valence-electron chi connectivity index (χ0n) is 10.9. The van der Waals surface area contributed by atoms with Gasteiger partial charge in [0, 0.05) is 18.4 Å². The lowest BCUT2D eigenvalue weighted by molar-refractivity contribution is -0.124. The molecular formula is C13H21N3O. The summed E-state index contributed by atoms with van der Waals surface area (Å²) in [5.74, 6) is -0.127. The van der Waals surface area contributed by atoms with Gasteiger partial charge in [-0.3, -0.25) is 9.78 Å². The number of aryl methyl sites for hydroxylation is 1. The lowest BCUT2D eigenvalue weighted by atomic mass is 9.87. The summed E-state index contributed by atoms with van der Waals surface area (Å²) in [6, 6.07) is 3.37. The lowest BCUT2D eigenvalue weighted by Gasteiger charge is -2.25. The van der Waals surface area contributed by atoms with E-state index in [-0.39, 0.29) is 11.3 Å². The highest BCUT2D eigenvalue weighted by Gasteiger charge is 2.26. The number of amides is 1. The zero-order valence-corrected chi connectivity index (χ0v) is 10.9. The van der Waals surface area contributed by atoms with Gasteiger partial charge in [-0.05, 0) is 24.0 Å². The highest BCUT2D eigenvalue weighted by molar-refractivity contribution is 5.82. The van der Waals surface area contributed by atoms with Crippen LogP contribution in [0.1, 0.15) is 32.0 Å². The highest BCUT2D eigenvalue weighted by Crippen LogP contribution is 2.17. The van der Waals surface area contributed by atoms with Crippen molar-refractivity contribution in [3.8, 4) is 0 Å². The molecule has 0 spiro atoms. The number of nitrogens with zero attached hydrogens (tertiary/aromatic N) is 1. The predicted molar refractivity (Wildman–Crippen MR) is 68.3 cm³/mol. The lowest BCUT2D eigenvalue weighted by Crippen LogP contribution is -2.48. The number of carbonyl (C=O) groups excluding carboxylic acids is 1. The van der Waals surface area contributed by atoms with Crippen molar-refractivity contribution in [3.63, 3.8) is 0 Å². The van der Waals surface area contributed by atoms with Gasteiger partial charge in [-0.25, -0.2) is 0 Å². The fraction of sp³-hybridized carbons (Fsp3) is 0.538. The standard InChI is InChI=1S/C13H21N3O/c1-9-5-6-10(7-15-9)8-16-12(17)11(14)13(2,3)4/h5-7,11H,8,14H2,1-4H3,(H,16,17)/t11-/m0/s1. The van der Waals surface area contributed by atoms with Gasteiger partial charge in [-0.15, -0.1) is 0 Å². The number of hydrogen-bond acceptors (Lipinski definition) is 3. The molecule has 1 heterocycles. The van der Waals surface area contributed by atoms with Crippen LogP contribution in [0.4, 0.5) is 0 Å². The Hall–Kier alpha value is -1.42. The molecule has 0 bridgehead atoms. The van der Waals surface area contributed by atoms with Crippen LogP contribution in [0.2, 0.25) is 0 Å². The quantitative estimate of drug-likeness (QED) is 0.831. The Balaban J connectivity index is 2.51. The monoisotopic (exact) mass is 235 g/mol. The van der Waals surface area contributed by atoms with Crippen LogP contribution in [0.25, 0.3) is 0 Å². The van der Waals surface area contributed by atoms with Gasteiger partial charge in [0.25, 0.3) is 0 Å². The Morgan fingerprint density at radius 1 is 1.47 bits per heavy atom. The molecule has 1 rings (SSSR count). The van der Waals surface area contributed by atoms with Gasteiger partial charge in [0.1, 0.15) is 0 Å². The van der Waals surface area contributed by atoms with Crippen molar-refractivity contribution < 1.29 is 4.79 Å². The zero-order chi connectivity index (χ0) is 13.1. The third kappa shape index (κ3) is 4.15. The van der Waals surface area contributed by atoms with E-state index in [1.807, 2.05) is 39.8 Å². The molecule has 0 aliphatic carbocycles. The summed E-state index contributed by atoms with van der Waals surface area (Å²) in [7, 11) is 0. The molecule has 0 unspecified atom stereocenters. The third-order valence-corrected chi connectivity index (χ3v) is 2.65. The van der Waals surface area contributed by atoms with Crippen molar-refractivity contribution in [3.05, 3.63) is 29.6 Å². The molecule has 4 nitrogen and oxygen atoms in total. The Labute approximate surface area is 103 Å². The third-order valence-electron chi connectivity index (χ3n) is 2.65. The fourth-order valence-electron chi connectivity index (χ4n) is 1.30. The topological polar surface area (TPSA) is 68.0 Å². The van der Waals surface area contributed by atoms with Crippen molar-refractivity contribution in [1.29, 1.82) is 0 Å². The molecule has 0 fully saturated rings. The van der Waals surface area contributed by atoms with Crippen molar-refractivity contribution in [2.45, 2.75) is 40.3 Å². The van der Waals surface area contributed by atoms with E-state index in [2.05, 4.69) is 10.3 Å². The van der Waals surface area contributed by atoms with Gasteiger partial charge in [-0.1, -0.05) is 26.8 Å². The number of aromatic nitrogens is 1. The second kappa shape index (κ2) is 5.27. The maximum atomic E-state index is 11.8. The molecule has 0 radical (unpaired) electrons. The van der Waals surface area contributed by atoms with Crippen molar-refractivity contribution >= 4 is 5.91 Å². The molecule has 0 aliphatic rings. The maximum absolute atomic E-state index is 11.8. The van der Waals surface area contributed by atoms with Crippen LogP contribution >= 0.6 is 0 Å². The molecule has 1 aromatic heterocycles. The largest absolute Gasteiger partial charge is 0.351 e. The molecule has 0 saturated heterocycles. The molecule has 17 heavy (non-hydrogen) atoms. The van der Waals surface area contributed by atoms with Crippen LogP contribution in [-0.2, 0) is 11.3 Å². The van der Waals surface area contributed by atoms with Gasteiger partial charge in [0.15, 0.2) is 0 Å². The summed E-state index contributed by atoms with van der Waals surface area (Å²) < 4.78 is 0. The molecular weight excluding hydrogens is 214 g/mol. The Morgan fingerprint density at radius 2 is 2.12 bits per heavy atom. The van der Waals surface area contributed by atoms with Crippen LogP contribution in [-0.4, -0.2) is 16.9 Å². The van der Waals surface area contributed by atoms with E-state index >= 15 is 0 Å². The molecule has 1 amide bonds. The molecule has 4 heteroatoms. The Morgan fingerprint density at radius 3 is 2.59 bits per heavy atom. The molecule has 0 aromatic carbocycles. The minimum absolute atomic E-state index is 0.127. The molecule has 0 saturated carbocycles. The number of nitrogens with one attached hydrogen (secondary N) is 1. The van der Waals surface area contributed by atoms with Crippen LogP contribution in [0.15, 0.2) is 18.3 Å². The van der Waals surface area contributed by atoms with Crippen molar-refractivity contribution in [1.82, 2.24) is 10.3 Å². The normalized spacial score (nSPS) is 13.2. The van der Waals surface area contributed by atoms with Gasteiger partial charge in [-0.2, -0.15) is 0 Å². The van der Waals surface area contributed by atoms with Crippen LogP contribution in [0, 0.1) is 12.3 Å². The Kier molecular flexibility index (Phi) is 4.23. The number of carbonyl (C=O) groups is 1. The van der Waals surface area contributed by atoms with E-state index in [0.717, 1.165) is 11.3 Å². The van der Waals surface area contributed by atoms with E-state index in [4.69, 9.17) is 5.73 Å². The van der Waals surface area contributed by atoms with E-state index in [0.29, 0.717) is 6.54 Å². The van der Waals surface area contributed by atoms with E-state index in [9.17, 15) is 4.79 Å². The van der Waals surface area contributed by atoms with E-state index in [1.54, 1.807) is 6.20 Å². The number of hydrogen-bond donors (Lipinski definition) is 2. The first-order chi connectivity index (χ1) is 7.80. The molecule has 94 valence electrons. The first-order valence-electron chi connectivity index (χ1n) is 5.75. The molecule has 0 aliphatic heterocycles. The summed E-state index contributed by atoms with van der Waals surface area (Å²) in [4.78, 5) is 15.9. The molecule has 1 atom stereocenters. The van der Waals surface area contributed by atoms with Gasteiger partial charge in [0.05, 0.1) is 6.04 Å². The highest BCUT2D eigenvalue weighted by atomic mass is 16.2. The summed E-state index contributed by atoms with van der Waals surface area (Å²) in [6.07, 6.45) is 1.76. The summed E-state index contributed by atoms with van der Waals surface area (Å²) >= 11 is 0. The van der Waals surface area contributed by atoms with Gasteiger partial charge < -0.3 is 11.1 Å². The first kappa shape index (κ1) is 13.6. The van der Waals surface area contributed by atoms with Crippen LogP contribution in [0.3, 0.4) is 0 Å². The number of pyridine rings is 1. The smallest absolute Gasteiger partial charge is 0.237 e. The van der Waals surface area contributed by atoms with Crippen LogP contribution in [0.5, 0.6) is 0 Å². The summed E-state index contributed by atoms with van der Waals surface area (Å²) in [5.41, 5.74) is 7.57.